The number of aliphatic imine (C=N–C) groups is 1. The summed E-state index contributed by atoms with van der Waals surface area (Å²) < 4.78 is 0. The van der Waals surface area contributed by atoms with Gasteiger partial charge in [-0.15, -0.1) is 24.0 Å². The van der Waals surface area contributed by atoms with Crippen LogP contribution in [0.2, 0.25) is 0 Å². The zero-order chi connectivity index (χ0) is 20.3. The number of guanidine groups is 1. The molecule has 1 aromatic heterocycles. The van der Waals surface area contributed by atoms with Crippen molar-refractivity contribution in [3.63, 3.8) is 0 Å². The molecule has 3 heterocycles. The number of nitrogens with zero attached hydrogens (tertiary/aromatic N) is 4. The first-order valence-electron chi connectivity index (χ1n) is 9.55. The molecule has 9 nitrogen and oxygen atoms in total. The van der Waals surface area contributed by atoms with Gasteiger partial charge in [0.1, 0.15) is 11.4 Å². The number of amides is 3. The molecule has 0 aliphatic carbocycles. The number of nitrogens with one attached hydrogen (secondary N) is 3. The van der Waals surface area contributed by atoms with Crippen LogP contribution in [0.3, 0.4) is 0 Å². The van der Waals surface area contributed by atoms with Crippen molar-refractivity contribution in [2.45, 2.75) is 31.8 Å². The molecule has 10 heteroatoms. The molecular weight excluding hydrogens is 485 g/mol. The van der Waals surface area contributed by atoms with Crippen LogP contribution in [0.15, 0.2) is 23.3 Å². The van der Waals surface area contributed by atoms with E-state index in [1.165, 1.54) is 0 Å². The highest BCUT2D eigenvalue weighted by Crippen LogP contribution is 2.30. The van der Waals surface area contributed by atoms with Crippen LogP contribution in [0.5, 0.6) is 0 Å². The van der Waals surface area contributed by atoms with Crippen LogP contribution in [0.1, 0.15) is 25.3 Å². The van der Waals surface area contributed by atoms with Gasteiger partial charge < -0.3 is 20.4 Å². The summed E-state index contributed by atoms with van der Waals surface area (Å²) in [6.45, 7) is 4.01. The first kappa shape index (κ1) is 23.2. The number of carbonyl (C=O) groups is 2. The molecule has 29 heavy (non-hydrogen) atoms. The van der Waals surface area contributed by atoms with Crippen molar-refractivity contribution < 1.29 is 9.59 Å². The minimum absolute atomic E-state index is 0. The second-order valence-electron chi connectivity index (χ2n) is 7.69. The lowest BCUT2D eigenvalue weighted by Crippen LogP contribution is -2.55. The molecular formula is C19H30IN7O2. The number of halogens is 1. The second-order valence-corrected chi connectivity index (χ2v) is 7.69. The fraction of sp³-hybridized carbons (Fsp3) is 0.579. The van der Waals surface area contributed by atoms with Gasteiger partial charge in [-0.25, -0.2) is 9.78 Å². The smallest absolute Gasteiger partial charge is 0.322 e. The first-order valence-corrected chi connectivity index (χ1v) is 9.55. The number of hydrogen-bond donors (Lipinski definition) is 3. The standard InChI is InChI=1S/C19H29N7O2.HI/c1-19(16(27)23-18(28)24-19)14-7-9-26(10-8-14)17(20-2)22-12-13-5-6-15(21-11-13)25(3)4;/h5-6,11,14H,7-10,12H2,1-4H3,(H,20,22)(H2,23,24,27,28);1H. The minimum Gasteiger partial charge on any atom is -0.363 e. The Labute approximate surface area is 188 Å². The van der Waals surface area contributed by atoms with Crippen molar-refractivity contribution in [2.24, 2.45) is 10.9 Å². The zero-order valence-electron chi connectivity index (χ0n) is 17.4. The number of rotatable bonds is 4. The van der Waals surface area contributed by atoms with E-state index in [0.717, 1.165) is 43.3 Å². The van der Waals surface area contributed by atoms with E-state index in [9.17, 15) is 9.59 Å². The van der Waals surface area contributed by atoms with Crippen molar-refractivity contribution in [1.82, 2.24) is 25.8 Å². The summed E-state index contributed by atoms with van der Waals surface area (Å²) in [5.74, 6) is 1.63. The lowest BCUT2D eigenvalue weighted by atomic mass is 9.79. The number of anilines is 1. The van der Waals surface area contributed by atoms with E-state index < -0.39 is 11.6 Å². The maximum atomic E-state index is 12.1. The number of imide groups is 1. The SMILES string of the molecule is CN=C(NCc1ccc(N(C)C)nc1)N1CCC(C2(C)NC(=O)NC2=O)CC1.I. The Bertz CT molecular complexity index is 760. The Morgan fingerprint density at radius 2 is 2.03 bits per heavy atom. The number of aromatic nitrogens is 1. The number of urea groups is 1. The third kappa shape index (κ3) is 5.09. The molecule has 3 rings (SSSR count). The lowest BCUT2D eigenvalue weighted by molar-refractivity contribution is -0.125. The van der Waals surface area contributed by atoms with Crippen LogP contribution >= 0.6 is 24.0 Å². The third-order valence-electron chi connectivity index (χ3n) is 5.61. The van der Waals surface area contributed by atoms with Crippen molar-refractivity contribution in [3.05, 3.63) is 23.9 Å². The van der Waals surface area contributed by atoms with Gasteiger partial charge in [-0.1, -0.05) is 6.07 Å². The molecule has 0 spiro atoms. The lowest BCUT2D eigenvalue weighted by Gasteiger charge is -2.39. The molecule has 3 N–H and O–H groups in total. The van der Waals surface area contributed by atoms with Gasteiger partial charge in [0.2, 0.25) is 0 Å². The minimum atomic E-state index is -0.819. The van der Waals surface area contributed by atoms with Gasteiger partial charge in [0.05, 0.1) is 0 Å². The van der Waals surface area contributed by atoms with E-state index in [1.807, 2.05) is 38.2 Å². The van der Waals surface area contributed by atoms with E-state index >= 15 is 0 Å². The molecule has 0 bridgehead atoms. The average molecular weight is 515 g/mol. The van der Waals surface area contributed by atoms with E-state index in [1.54, 1.807) is 7.05 Å². The van der Waals surface area contributed by atoms with Crippen molar-refractivity contribution in [2.75, 3.05) is 39.1 Å². The second kappa shape index (κ2) is 9.59. The maximum Gasteiger partial charge on any atom is 0.322 e. The van der Waals surface area contributed by atoms with E-state index in [-0.39, 0.29) is 35.8 Å². The van der Waals surface area contributed by atoms with Crippen LogP contribution in [0, 0.1) is 5.92 Å². The van der Waals surface area contributed by atoms with Crippen molar-refractivity contribution in [1.29, 1.82) is 0 Å². The average Bonchev–Trinajstić information content (AvgIpc) is 2.95. The van der Waals surface area contributed by atoms with Gasteiger partial charge in [0, 0.05) is 47.0 Å². The highest BCUT2D eigenvalue weighted by molar-refractivity contribution is 14.0. The van der Waals surface area contributed by atoms with Crippen molar-refractivity contribution in [3.8, 4) is 0 Å². The Balaban J connectivity index is 0.00000300. The number of pyridine rings is 1. The van der Waals surface area contributed by atoms with Gasteiger partial charge in [-0.3, -0.25) is 15.1 Å². The summed E-state index contributed by atoms with van der Waals surface area (Å²) in [5.41, 5.74) is 0.263. The van der Waals surface area contributed by atoms with Gasteiger partial charge in [-0.2, -0.15) is 0 Å². The number of hydrogen-bond acceptors (Lipinski definition) is 5. The van der Waals surface area contributed by atoms with Crippen LogP contribution in [-0.4, -0.2) is 67.6 Å². The van der Waals surface area contributed by atoms with Gasteiger partial charge >= 0.3 is 6.03 Å². The molecule has 0 radical (unpaired) electrons. The fourth-order valence-electron chi connectivity index (χ4n) is 3.81. The highest BCUT2D eigenvalue weighted by atomic mass is 127. The monoisotopic (exact) mass is 515 g/mol. The molecule has 0 saturated carbocycles. The summed E-state index contributed by atoms with van der Waals surface area (Å²) in [6.07, 6.45) is 3.48. The first-order chi connectivity index (χ1) is 13.3. The Hall–Kier alpha value is -2.11. The summed E-state index contributed by atoms with van der Waals surface area (Å²) in [6, 6.07) is 3.64. The molecule has 0 aromatic carbocycles. The molecule has 2 fully saturated rings. The number of piperidine rings is 1. The van der Waals surface area contributed by atoms with E-state index in [2.05, 4.69) is 36.9 Å². The summed E-state index contributed by atoms with van der Waals surface area (Å²) in [5, 5.41) is 8.53. The fourth-order valence-corrected chi connectivity index (χ4v) is 3.81. The molecule has 1 aromatic rings. The molecule has 2 aliphatic heterocycles. The van der Waals surface area contributed by atoms with Crippen LogP contribution < -0.4 is 20.9 Å². The normalized spacial score (nSPS) is 22.6. The molecule has 2 aliphatic rings. The number of carbonyl (C=O) groups excluding carboxylic acids is 2. The van der Waals surface area contributed by atoms with Crippen molar-refractivity contribution >= 4 is 47.7 Å². The molecule has 1 unspecified atom stereocenters. The topological polar surface area (TPSA) is 102 Å². The van der Waals surface area contributed by atoms with Crippen LogP contribution in [-0.2, 0) is 11.3 Å². The molecule has 2 saturated heterocycles. The number of likely N-dealkylation sites (tertiary alicyclic amines) is 1. The predicted octanol–water partition coefficient (Wildman–Crippen LogP) is 1.15. The van der Waals surface area contributed by atoms with Gasteiger partial charge in [0.15, 0.2) is 5.96 Å². The highest BCUT2D eigenvalue weighted by Gasteiger charge is 2.48. The largest absolute Gasteiger partial charge is 0.363 e. The third-order valence-corrected chi connectivity index (χ3v) is 5.61. The van der Waals surface area contributed by atoms with E-state index in [4.69, 9.17) is 0 Å². The predicted molar refractivity (Wildman–Crippen MR) is 124 cm³/mol. The van der Waals surface area contributed by atoms with Crippen LogP contribution in [0.4, 0.5) is 10.6 Å². The summed E-state index contributed by atoms with van der Waals surface area (Å²) >= 11 is 0. The van der Waals surface area contributed by atoms with Gasteiger partial charge in [-0.05, 0) is 37.3 Å². The summed E-state index contributed by atoms with van der Waals surface area (Å²) in [4.78, 5) is 36.6. The van der Waals surface area contributed by atoms with Gasteiger partial charge in [0.25, 0.3) is 5.91 Å². The molecule has 1 atom stereocenters. The Kier molecular flexibility index (Phi) is 7.66. The summed E-state index contributed by atoms with van der Waals surface area (Å²) in [7, 11) is 5.70. The van der Waals surface area contributed by atoms with Crippen LogP contribution in [0.25, 0.3) is 0 Å². The van der Waals surface area contributed by atoms with E-state index in [0.29, 0.717) is 6.54 Å². The quantitative estimate of drug-likeness (QED) is 0.241. The Morgan fingerprint density at radius 1 is 1.34 bits per heavy atom. The zero-order valence-corrected chi connectivity index (χ0v) is 19.7. The maximum absolute atomic E-state index is 12.1. The molecule has 3 amide bonds. The Morgan fingerprint density at radius 3 is 2.52 bits per heavy atom. The molecule has 160 valence electrons.